The molecule has 1 saturated heterocycles. The number of halogens is 1. The van der Waals surface area contributed by atoms with E-state index in [4.69, 9.17) is 16.3 Å². The fourth-order valence-corrected chi connectivity index (χ4v) is 4.69. The molecule has 1 N–H and O–H groups in total. The second-order valence-corrected chi connectivity index (χ2v) is 9.02. The number of aromatic nitrogens is 1. The minimum absolute atomic E-state index is 0.124. The van der Waals surface area contributed by atoms with E-state index in [1.165, 1.54) is 11.3 Å². The lowest BCUT2D eigenvalue weighted by molar-refractivity contribution is -0.117. The van der Waals surface area contributed by atoms with Gasteiger partial charge in [-0.3, -0.25) is 9.69 Å². The van der Waals surface area contributed by atoms with Crippen molar-refractivity contribution in [3.8, 4) is 6.07 Å². The molecule has 1 aliphatic rings. The van der Waals surface area contributed by atoms with Gasteiger partial charge >= 0.3 is 0 Å². The zero-order valence-electron chi connectivity index (χ0n) is 16.4. The zero-order valence-corrected chi connectivity index (χ0v) is 18.0. The Labute approximate surface area is 174 Å². The highest BCUT2D eigenvalue weighted by molar-refractivity contribution is 7.16. The third-order valence-corrected chi connectivity index (χ3v) is 6.29. The first-order valence-corrected chi connectivity index (χ1v) is 10.5. The number of carbonyl (C=O) groups is 1. The number of likely N-dealkylation sites (N-methyl/N-ethyl adjacent to an activating group) is 1. The van der Waals surface area contributed by atoms with Crippen molar-refractivity contribution < 1.29 is 9.53 Å². The van der Waals surface area contributed by atoms with Gasteiger partial charge in [-0.1, -0.05) is 11.6 Å². The molecule has 1 aliphatic heterocycles. The Balaban J connectivity index is 1.71. The van der Waals surface area contributed by atoms with Crippen LogP contribution in [-0.2, 0) is 22.6 Å². The summed E-state index contributed by atoms with van der Waals surface area (Å²) in [5.41, 5.74) is 2.41. The highest BCUT2D eigenvalue weighted by atomic mass is 35.5. The van der Waals surface area contributed by atoms with E-state index in [1.54, 1.807) is 0 Å². The topological polar surface area (TPSA) is 70.3 Å². The highest BCUT2D eigenvalue weighted by Crippen LogP contribution is 2.28. The number of thiophene rings is 1. The Morgan fingerprint density at radius 2 is 2.29 bits per heavy atom. The summed E-state index contributed by atoms with van der Waals surface area (Å²) in [7, 11) is 1.89. The number of carbonyl (C=O) groups excluding carboxylic acids is 1. The summed E-state index contributed by atoms with van der Waals surface area (Å²) in [6.45, 7) is 6.19. The fraction of sp³-hybridized carbons (Fsp3) is 0.500. The van der Waals surface area contributed by atoms with E-state index in [0.29, 0.717) is 24.5 Å². The third-order valence-electron chi connectivity index (χ3n) is 5.08. The smallest absolute Gasteiger partial charge is 0.239 e. The molecular weight excluding hydrogens is 396 g/mol. The van der Waals surface area contributed by atoms with Crippen molar-refractivity contribution in [1.82, 2.24) is 9.47 Å². The molecule has 1 atom stereocenters. The van der Waals surface area contributed by atoms with Crippen LogP contribution in [0.25, 0.3) is 0 Å². The van der Waals surface area contributed by atoms with Gasteiger partial charge in [-0.05, 0) is 51.4 Å². The molecule has 0 aliphatic carbocycles. The van der Waals surface area contributed by atoms with Crippen LogP contribution in [-0.4, -0.2) is 41.7 Å². The van der Waals surface area contributed by atoms with Gasteiger partial charge in [0.05, 0.1) is 29.1 Å². The first-order valence-electron chi connectivity index (χ1n) is 9.33. The monoisotopic (exact) mass is 420 g/mol. The number of nitriles is 1. The standard InChI is InChI=1S/C20H25ClN4O2S/c1-13-14(2)25(10-15-5-4-8-27-15)20(17(13)9-22)23-19(26)12-24(3)11-16-6-7-18(21)28-16/h6-7,15H,4-5,8,10-12H2,1-3H3,(H,23,26)/t15-/m1/s1. The second kappa shape index (κ2) is 9.10. The van der Waals surface area contributed by atoms with E-state index >= 15 is 0 Å². The Kier molecular flexibility index (Phi) is 6.78. The van der Waals surface area contributed by atoms with Gasteiger partial charge in [0.2, 0.25) is 5.91 Å². The average Bonchev–Trinajstić information content (AvgIpc) is 3.34. The van der Waals surface area contributed by atoms with Gasteiger partial charge in [0.15, 0.2) is 0 Å². The number of rotatable bonds is 7. The molecule has 0 unspecified atom stereocenters. The van der Waals surface area contributed by atoms with Gasteiger partial charge in [0, 0.05) is 23.7 Å². The van der Waals surface area contributed by atoms with Gasteiger partial charge < -0.3 is 14.6 Å². The molecule has 0 bridgehead atoms. The van der Waals surface area contributed by atoms with Crippen LogP contribution in [0.2, 0.25) is 4.34 Å². The summed E-state index contributed by atoms with van der Waals surface area (Å²) in [4.78, 5) is 15.7. The zero-order chi connectivity index (χ0) is 20.3. The maximum atomic E-state index is 12.7. The van der Waals surface area contributed by atoms with Gasteiger partial charge in [-0.25, -0.2) is 0 Å². The Hall–Kier alpha value is -1.85. The average molecular weight is 421 g/mol. The molecule has 8 heteroatoms. The van der Waals surface area contributed by atoms with E-state index < -0.39 is 0 Å². The van der Waals surface area contributed by atoms with Crippen LogP contribution in [0.15, 0.2) is 12.1 Å². The second-order valence-electron chi connectivity index (χ2n) is 7.22. The largest absolute Gasteiger partial charge is 0.376 e. The molecule has 2 aromatic heterocycles. The van der Waals surface area contributed by atoms with E-state index in [9.17, 15) is 10.1 Å². The van der Waals surface area contributed by atoms with Gasteiger partial charge in [-0.2, -0.15) is 5.26 Å². The van der Waals surface area contributed by atoms with E-state index in [2.05, 4.69) is 11.4 Å². The Morgan fingerprint density at radius 3 is 2.89 bits per heavy atom. The summed E-state index contributed by atoms with van der Waals surface area (Å²) < 4.78 is 8.51. The van der Waals surface area contributed by atoms with Crippen LogP contribution in [0.1, 0.15) is 34.5 Å². The van der Waals surface area contributed by atoms with Crippen LogP contribution >= 0.6 is 22.9 Å². The minimum Gasteiger partial charge on any atom is -0.376 e. The molecule has 150 valence electrons. The molecule has 0 spiro atoms. The normalized spacial score (nSPS) is 16.5. The Bertz CT molecular complexity index is 893. The highest BCUT2D eigenvalue weighted by Gasteiger charge is 2.24. The maximum absolute atomic E-state index is 12.7. The molecule has 0 aromatic carbocycles. The molecule has 28 heavy (non-hydrogen) atoms. The number of hydrogen-bond donors (Lipinski definition) is 1. The molecule has 0 radical (unpaired) electrons. The van der Waals surface area contributed by atoms with Crippen molar-refractivity contribution in [1.29, 1.82) is 5.26 Å². The summed E-state index contributed by atoms with van der Waals surface area (Å²) in [5.74, 6) is 0.429. The number of hydrogen-bond acceptors (Lipinski definition) is 5. The Morgan fingerprint density at radius 1 is 1.50 bits per heavy atom. The lowest BCUT2D eigenvalue weighted by Crippen LogP contribution is -2.31. The van der Waals surface area contributed by atoms with E-state index in [-0.39, 0.29) is 18.6 Å². The van der Waals surface area contributed by atoms with Crippen LogP contribution < -0.4 is 5.32 Å². The van der Waals surface area contributed by atoms with Gasteiger partial charge in [-0.15, -0.1) is 11.3 Å². The molecule has 3 heterocycles. The number of ether oxygens (including phenoxy) is 1. The number of anilines is 1. The molecule has 1 amide bonds. The van der Waals surface area contributed by atoms with E-state index in [1.807, 2.05) is 42.5 Å². The van der Waals surface area contributed by atoms with Crippen molar-refractivity contribution in [3.05, 3.63) is 38.2 Å². The van der Waals surface area contributed by atoms with Crippen LogP contribution in [0, 0.1) is 25.2 Å². The van der Waals surface area contributed by atoms with Crippen LogP contribution in [0.5, 0.6) is 0 Å². The number of nitrogens with one attached hydrogen (secondary N) is 1. The van der Waals surface area contributed by atoms with E-state index in [0.717, 1.165) is 39.9 Å². The van der Waals surface area contributed by atoms with Crippen molar-refractivity contribution in [2.45, 2.75) is 45.9 Å². The van der Waals surface area contributed by atoms with Crippen molar-refractivity contribution in [2.75, 3.05) is 25.5 Å². The SMILES string of the molecule is Cc1c(C#N)c(NC(=O)CN(C)Cc2ccc(Cl)s2)n(C[C@H]2CCCO2)c1C. The van der Waals surface area contributed by atoms with Crippen molar-refractivity contribution >= 4 is 34.7 Å². The third kappa shape index (κ3) is 4.76. The summed E-state index contributed by atoms with van der Waals surface area (Å²) in [5, 5.41) is 12.6. The number of nitrogens with zero attached hydrogens (tertiary/aromatic N) is 3. The molecule has 6 nitrogen and oxygen atoms in total. The summed E-state index contributed by atoms with van der Waals surface area (Å²) >= 11 is 7.48. The minimum atomic E-state index is -0.146. The van der Waals surface area contributed by atoms with Crippen molar-refractivity contribution in [3.63, 3.8) is 0 Å². The molecule has 1 fully saturated rings. The quantitative estimate of drug-likeness (QED) is 0.736. The van der Waals surface area contributed by atoms with Gasteiger partial charge in [0.25, 0.3) is 0 Å². The molecule has 2 aromatic rings. The number of amides is 1. The fourth-order valence-electron chi connectivity index (χ4n) is 3.53. The predicted octanol–water partition coefficient (Wildman–Crippen LogP) is 3.94. The summed E-state index contributed by atoms with van der Waals surface area (Å²) in [6, 6.07) is 6.07. The first-order chi connectivity index (χ1) is 13.4. The molecule has 3 rings (SSSR count). The van der Waals surface area contributed by atoms with Crippen LogP contribution in [0.4, 0.5) is 5.82 Å². The molecular formula is C20H25ClN4O2S. The van der Waals surface area contributed by atoms with Crippen LogP contribution in [0.3, 0.4) is 0 Å². The lowest BCUT2D eigenvalue weighted by Gasteiger charge is -2.19. The maximum Gasteiger partial charge on any atom is 0.239 e. The van der Waals surface area contributed by atoms with Crippen molar-refractivity contribution in [2.24, 2.45) is 0 Å². The summed E-state index contributed by atoms with van der Waals surface area (Å²) in [6.07, 6.45) is 2.17. The first kappa shape index (κ1) is 20.9. The van der Waals surface area contributed by atoms with Gasteiger partial charge in [0.1, 0.15) is 11.9 Å². The lowest BCUT2D eigenvalue weighted by atomic mass is 10.2. The molecule has 0 saturated carbocycles. The predicted molar refractivity (Wildman–Crippen MR) is 112 cm³/mol.